The van der Waals surface area contributed by atoms with Gasteiger partial charge in [-0.2, -0.15) is 0 Å². The minimum atomic E-state index is -0.323. The predicted molar refractivity (Wildman–Crippen MR) is 111 cm³/mol. The Balaban J connectivity index is 2.15. The Morgan fingerprint density at radius 1 is 0.731 bits per heavy atom. The maximum absolute atomic E-state index is 10.4. The van der Waals surface area contributed by atoms with Crippen LogP contribution >= 0.6 is 0 Å². The van der Waals surface area contributed by atoms with E-state index in [-0.39, 0.29) is 5.60 Å². The van der Waals surface area contributed by atoms with Crippen LogP contribution in [0.5, 0.6) is 0 Å². The van der Waals surface area contributed by atoms with Gasteiger partial charge in [0.05, 0.1) is 0 Å². The zero-order valence-corrected chi connectivity index (χ0v) is 17.8. The first-order valence-corrected chi connectivity index (χ1v) is 10.4. The molecule has 0 fully saturated rings. The predicted octanol–water partition coefficient (Wildman–Crippen LogP) is 6.89. The van der Waals surface area contributed by atoms with Crippen LogP contribution in [0.3, 0.4) is 0 Å². The van der Waals surface area contributed by atoms with Crippen molar-refractivity contribution in [3.63, 3.8) is 0 Å². The molecular formula is C24H40O2. The van der Waals surface area contributed by atoms with E-state index in [4.69, 9.17) is 4.74 Å². The molecule has 0 aliphatic rings. The molecule has 1 aromatic rings. The molecule has 148 valence electrons. The van der Waals surface area contributed by atoms with E-state index in [9.17, 15) is 4.79 Å². The van der Waals surface area contributed by atoms with E-state index in [0.717, 1.165) is 19.3 Å². The van der Waals surface area contributed by atoms with Gasteiger partial charge in [-0.3, -0.25) is 4.79 Å². The van der Waals surface area contributed by atoms with E-state index in [1.807, 2.05) is 13.8 Å². The van der Waals surface area contributed by atoms with Crippen molar-refractivity contribution in [2.24, 2.45) is 5.41 Å². The molecule has 0 amide bonds. The lowest BCUT2D eigenvalue weighted by atomic mass is 9.89. The fourth-order valence-electron chi connectivity index (χ4n) is 3.28. The average molecular weight is 361 g/mol. The summed E-state index contributed by atoms with van der Waals surface area (Å²) in [6.07, 6.45) is 12.1. The summed E-state index contributed by atoms with van der Waals surface area (Å²) in [7, 11) is 0. The molecule has 0 aliphatic carbocycles. The molecule has 0 radical (unpaired) electrons. The highest BCUT2D eigenvalue weighted by Gasteiger charge is 2.17. The number of unbranched alkanes of at least 4 members (excludes halogenated alkanes) is 4. The Morgan fingerprint density at radius 3 is 1.62 bits per heavy atom. The van der Waals surface area contributed by atoms with Crippen molar-refractivity contribution in [1.82, 2.24) is 0 Å². The second kappa shape index (κ2) is 11.4. The number of benzene rings is 1. The lowest BCUT2D eigenvalue weighted by Crippen LogP contribution is -2.23. The quantitative estimate of drug-likeness (QED) is 0.283. The molecule has 0 aromatic heterocycles. The van der Waals surface area contributed by atoms with Gasteiger partial charge in [0.2, 0.25) is 0 Å². The molecule has 26 heavy (non-hydrogen) atoms. The van der Waals surface area contributed by atoms with Crippen molar-refractivity contribution in [3.05, 3.63) is 35.4 Å². The lowest BCUT2D eigenvalue weighted by Gasteiger charge is -2.22. The number of ether oxygens (including phenoxy) is 1. The van der Waals surface area contributed by atoms with E-state index in [0.29, 0.717) is 11.9 Å². The Morgan fingerprint density at radius 2 is 1.19 bits per heavy atom. The molecule has 0 aliphatic heterocycles. The third-order valence-corrected chi connectivity index (χ3v) is 5.03. The molecule has 0 N–H and O–H groups in total. The van der Waals surface area contributed by atoms with E-state index in [2.05, 4.69) is 45.0 Å². The molecule has 1 aromatic carbocycles. The number of hydrogen-bond donors (Lipinski definition) is 0. The minimum Gasteiger partial charge on any atom is -0.462 e. The zero-order chi connectivity index (χ0) is 19.5. The average Bonchev–Trinajstić information content (AvgIpc) is 2.54. The van der Waals surface area contributed by atoms with Gasteiger partial charge in [-0.1, -0.05) is 64.3 Å². The summed E-state index contributed by atoms with van der Waals surface area (Å²) in [6, 6.07) is 9.20. The number of carbonyl (C=O) groups excluding carboxylic acids is 1. The first-order valence-electron chi connectivity index (χ1n) is 10.4. The van der Waals surface area contributed by atoms with Crippen LogP contribution in [-0.4, -0.2) is 12.1 Å². The van der Waals surface area contributed by atoms with Crippen LogP contribution in [0.25, 0.3) is 0 Å². The third kappa shape index (κ3) is 11.3. The molecule has 0 unspecified atom stereocenters. The van der Waals surface area contributed by atoms with Crippen LogP contribution in [0.15, 0.2) is 24.3 Å². The van der Waals surface area contributed by atoms with Crippen molar-refractivity contribution >= 4 is 6.47 Å². The standard InChI is InChI=1S/C24H40O2/c1-23(2,3)18-10-6-8-12-21-14-16-22(17-15-21)13-9-7-11-19-24(4,5)26-20-25/h14-17,20H,6-13,18-19H2,1-5H3. The summed E-state index contributed by atoms with van der Waals surface area (Å²) in [5.41, 5.74) is 3.05. The van der Waals surface area contributed by atoms with E-state index in [1.165, 1.54) is 56.1 Å². The molecule has 0 saturated carbocycles. The van der Waals surface area contributed by atoms with Gasteiger partial charge in [0.15, 0.2) is 0 Å². The summed E-state index contributed by atoms with van der Waals surface area (Å²) < 4.78 is 5.09. The van der Waals surface area contributed by atoms with Crippen LogP contribution in [0.1, 0.15) is 97.1 Å². The summed E-state index contributed by atoms with van der Waals surface area (Å²) in [6.45, 7) is 11.5. The van der Waals surface area contributed by atoms with Gasteiger partial charge in [-0.05, 0) is 75.3 Å². The van der Waals surface area contributed by atoms with E-state index >= 15 is 0 Å². The van der Waals surface area contributed by atoms with Crippen LogP contribution in [-0.2, 0) is 22.4 Å². The van der Waals surface area contributed by atoms with Crippen molar-refractivity contribution in [3.8, 4) is 0 Å². The van der Waals surface area contributed by atoms with Crippen molar-refractivity contribution in [1.29, 1.82) is 0 Å². The number of hydrogen-bond acceptors (Lipinski definition) is 2. The fraction of sp³-hybridized carbons (Fsp3) is 0.708. The molecule has 0 atom stereocenters. The van der Waals surface area contributed by atoms with E-state index < -0.39 is 0 Å². The van der Waals surface area contributed by atoms with Gasteiger partial charge in [-0.15, -0.1) is 0 Å². The lowest BCUT2D eigenvalue weighted by molar-refractivity contribution is -0.140. The number of rotatable bonds is 13. The molecular weight excluding hydrogens is 320 g/mol. The Kier molecular flexibility index (Phi) is 9.98. The molecule has 0 heterocycles. The van der Waals surface area contributed by atoms with Crippen molar-refractivity contribution < 1.29 is 9.53 Å². The van der Waals surface area contributed by atoms with Crippen LogP contribution in [0.4, 0.5) is 0 Å². The van der Waals surface area contributed by atoms with Gasteiger partial charge in [-0.25, -0.2) is 0 Å². The maximum Gasteiger partial charge on any atom is 0.293 e. The first kappa shape index (κ1) is 22.7. The summed E-state index contributed by atoms with van der Waals surface area (Å²) in [5.74, 6) is 0. The Hall–Kier alpha value is -1.31. The normalized spacial score (nSPS) is 12.2. The highest BCUT2D eigenvalue weighted by atomic mass is 16.5. The maximum atomic E-state index is 10.4. The smallest absolute Gasteiger partial charge is 0.293 e. The monoisotopic (exact) mass is 360 g/mol. The van der Waals surface area contributed by atoms with Gasteiger partial charge in [0.1, 0.15) is 5.60 Å². The second-order valence-electron chi connectivity index (χ2n) is 9.47. The van der Waals surface area contributed by atoms with E-state index in [1.54, 1.807) is 0 Å². The summed E-state index contributed by atoms with van der Waals surface area (Å²) in [4.78, 5) is 10.4. The Labute approximate surface area is 161 Å². The summed E-state index contributed by atoms with van der Waals surface area (Å²) >= 11 is 0. The topological polar surface area (TPSA) is 26.3 Å². The number of aryl methyl sites for hydroxylation is 2. The van der Waals surface area contributed by atoms with Crippen molar-refractivity contribution in [2.45, 2.75) is 104 Å². The van der Waals surface area contributed by atoms with Crippen LogP contribution in [0, 0.1) is 5.41 Å². The van der Waals surface area contributed by atoms with Crippen LogP contribution < -0.4 is 0 Å². The SMILES string of the molecule is CC(C)(C)CCCCCc1ccc(CCCCCC(C)(C)OC=O)cc1. The molecule has 2 heteroatoms. The van der Waals surface area contributed by atoms with Gasteiger partial charge >= 0.3 is 0 Å². The molecule has 0 spiro atoms. The van der Waals surface area contributed by atoms with Crippen molar-refractivity contribution in [2.75, 3.05) is 0 Å². The van der Waals surface area contributed by atoms with Crippen LogP contribution in [0.2, 0.25) is 0 Å². The third-order valence-electron chi connectivity index (χ3n) is 5.03. The molecule has 1 rings (SSSR count). The number of carbonyl (C=O) groups is 1. The minimum absolute atomic E-state index is 0.323. The van der Waals surface area contributed by atoms with Gasteiger partial charge in [0.25, 0.3) is 6.47 Å². The molecule has 2 nitrogen and oxygen atoms in total. The highest BCUT2D eigenvalue weighted by Crippen LogP contribution is 2.22. The molecule has 0 saturated heterocycles. The first-order chi connectivity index (χ1) is 12.2. The van der Waals surface area contributed by atoms with Gasteiger partial charge < -0.3 is 4.74 Å². The van der Waals surface area contributed by atoms with Gasteiger partial charge in [0, 0.05) is 0 Å². The Bertz CT molecular complexity index is 494. The highest BCUT2D eigenvalue weighted by molar-refractivity contribution is 5.38. The second-order valence-corrected chi connectivity index (χ2v) is 9.47. The molecule has 0 bridgehead atoms. The zero-order valence-electron chi connectivity index (χ0n) is 17.8. The largest absolute Gasteiger partial charge is 0.462 e. The summed E-state index contributed by atoms with van der Waals surface area (Å²) in [5, 5.41) is 0. The fourth-order valence-corrected chi connectivity index (χ4v) is 3.28.